The van der Waals surface area contributed by atoms with Crippen molar-refractivity contribution in [1.82, 2.24) is 9.97 Å². The Morgan fingerprint density at radius 2 is 2.62 bits per heavy atom. The van der Waals surface area contributed by atoms with E-state index in [1.165, 1.54) is 0 Å². The first-order valence-corrected chi connectivity index (χ1v) is 4.28. The van der Waals surface area contributed by atoms with Gasteiger partial charge in [0.2, 0.25) is 5.95 Å². The van der Waals surface area contributed by atoms with Crippen molar-refractivity contribution in [2.24, 2.45) is 0 Å². The summed E-state index contributed by atoms with van der Waals surface area (Å²) in [7, 11) is 0. The van der Waals surface area contributed by atoms with Gasteiger partial charge in [0, 0.05) is 18.9 Å². The number of anilines is 1. The largest absolute Gasteiger partial charge is 0.480 e. The van der Waals surface area contributed by atoms with E-state index in [2.05, 4.69) is 9.97 Å². The van der Waals surface area contributed by atoms with Gasteiger partial charge >= 0.3 is 5.97 Å². The van der Waals surface area contributed by atoms with Crippen LogP contribution in [0.3, 0.4) is 0 Å². The number of carbonyl (C=O) groups is 1. The van der Waals surface area contributed by atoms with E-state index >= 15 is 0 Å². The zero-order valence-corrected chi connectivity index (χ0v) is 7.10. The van der Waals surface area contributed by atoms with Crippen molar-refractivity contribution in [1.29, 1.82) is 0 Å². The molecular weight excluding hydrogens is 170 g/mol. The van der Waals surface area contributed by atoms with Crippen molar-refractivity contribution in [3.05, 3.63) is 12.4 Å². The van der Waals surface area contributed by atoms with Crippen LogP contribution in [0.1, 0.15) is 12.8 Å². The van der Waals surface area contributed by atoms with Gasteiger partial charge in [-0.05, 0) is 12.8 Å². The summed E-state index contributed by atoms with van der Waals surface area (Å²) in [4.78, 5) is 19.6. The van der Waals surface area contributed by atoms with Crippen LogP contribution in [0.25, 0.3) is 0 Å². The molecule has 0 unspecified atom stereocenters. The Morgan fingerprint density at radius 3 is 3.23 bits per heavy atom. The molecule has 1 aromatic rings. The topological polar surface area (TPSA) is 69.2 Å². The number of aromatic amines is 1. The number of hydrogen-bond donors (Lipinski definition) is 2. The van der Waals surface area contributed by atoms with Gasteiger partial charge in [0.15, 0.2) is 0 Å². The van der Waals surface area contributed by atoms with Gasteiger partial charge in [-0.3, -0.25) is 0 Å². The van der Waals surface area contributed by atoms with Crippen LogP contribution in [0.5, 0.6) is 0 Å². The fourth-order valence-corrected chi connectivity index (χ4v) is 1.69. The van der Waals surface area contributed by atoms with Gasteiger partial charge in [-0.15, -0.1) is 0 Å². The molecule has 0 amide bonds. The fraction of sp³-hybridized carbons (Fsp3) is 0.500. The number of aromatic nitrogens is 2. The molecule has 2 heterocycles. The van der Waals surface area contributed by atoms with E-state index in [0.29, 0.717) is 12.4 Å². The summed E-state index contributed by atoms with van der Waals surface area (Å²) >= 11 is 0. The Labute approximate surface area is 75.4 Å². The Balaban J connectivity index is 2.19. The normalized spacial score (nSPS) is 22.2. The molecule has 1 aliphatic heterocycles. The van der Waals surface area contributed by atoms with Gasteiger partial charge in [-0.25, -0.2) is 9.78 Å². The van der Waals surface area contributed by atoms with Crippen molar-refractivity contribution in [3.63, 3.8) is 0 Å². The fourth-order valence-electron chi connectivity index (χ4n) is 1.69. The van der Waals surface area contributed by atoms with E-state index in [0.717, 1.165) is 13.0 Å². The standard InChI is InChI=1S/C8H11N3O2/c12-7(13)6-2-1-5-11(6)8-9-3-4-10-8/h3-4,6H,1-2,5H2,(H,9,10)(H,12,13)/t6-/m0/s1. The van der Waals surface area contributed by atoms with Crippen LogP contribution in [0.2, 0.25) is 0 Å². The smallest absolute Gasteiger partial charge is 0.326 e. The van der Waals surface area contributed by atoms with E-state index in [1.807, 2.05) is 0 Å². The summed E-state index contributed by atoms with van der Waals surface area (Å²) in [6.45, 7) is 0.768. The monoisotopic (exact) mass is 181 g/mol. The summed E-state index contributed by atoms with van der Waals surface area (Å²) < 4.78 is 0. The molecule has 1 fully saturated rings. The van der Waals surface area contributed by atoms with Crippen LogP contribution < -0.4 is 4.90 Å². The number of imidazole rings is 1. The molecule has 0 aliphatic carbocycles. The van der Waals surface area contributed by atoms with Crippen LogP contribution in [0.4, 0.5) is 5.95 Å². The minimum atomic E-state index is -0.770. The summed E-state index contributed by atoms with van der Waals surface area (Å²) in [6.07, 6.45) is 4.95. The maximum absolute atomic E-state index is 10.8. The van der Waals surface area contributed by atoms with Crippen LogP contribution in [0.15, 0.2) is 12.4 Å². The predicted molar refractivity (Wildman–Crippen MR) is 46.6 cm³/mol. The molecule has 1 aliphatic rings. The SMILES string of the molecule is O=C(O)[C@@H]1CCCN1c1ncc[nH]1. The van der Waals surface area contributed by atoms with Gasteiger partial charge in [0.25, 0.3) is 0 Å². The molecule has 0 saturated carbocycles. The predicted octanol–water partition coefficient (Wildman–Crippen LogP) is 0.463. The minimum absolute atomic E-state index is 0.411. The number of nitrogens with zero attached hydrogens (tertiary/aromatic N) is 2. The van der Waals surface area contributed by atoms with Crippen molar-refractivity contribution in [3.8, 4) is 0 Å². The van der Waals surface area contributed by atoms with Crippen molar-refractivity contribution in [2.45, 2.75) is 18.9 Å². The third-order valence-corrected chi connectivity index (χ3v) is 2.29. The van der Waals surface area contributed by atoms with Gasteiger partial charge in [0.05, 0.1) is 0 Å². The van der Waals surface area contributed by atoms with Crippen LogP contribution in [-0.4, -0.2) is 33.6 Å². The van der Waals surface area contributed by atoms with Crippen molar-refractivity contribution in [2.75, 3.05) is 11.4 Å². The molecule has 0 aromatic carbocycles. The average Bonchev–Trinajstić information content (AvgIpc) is 2.74. The van der Waals surface area contributed by atoms with Gasteiger partial charge in [-0.1, -0.05) is 0 Å². The molecule has 1 atom stereocenters. The molecule has 0 spiro atoms. The zero-order chi connectivity index (χ0) is 9.26. The molecule has 2 rings (SSSR count). The maximum Gasteiger partial charge on any atom is 0.326 e. The highest BCUT2D eigenvalue weighted by Crippen LogP contribution is 2.21. The second kappa shape index (κ2) is 3.08. The number of H-pyrrole nitrogens is 1. The lowest BCUT2D eigenvalue weighted by Gasteiger charge is -2.19. The number of hydrogen-bond acceptors (Lipinski definition) is 3. The molecule has 0 bridgehead atoms. The quantitative estimate of drug-likeness (QED) is 0.695. The van der Waals surface area contributed by atoms with Gasteiger partial charge < -0.3 is 15.0 Å². The zero-order valence-electron chi connectivity index (χ0n) is 7.10. The summed E-state index contributed by atoms with van der Waals surface area (Å²) in [5.41, 5.74) is 0. The summed E-state index contributed by atoms with van der Waals surface area (Å²) in [5.74, 6) is -0.112. The second-order valence-electron chi connectivity index (χ2n) is 3.10. The first-order valence-electron chi connectivity index (χ1n) is 4.28. The molecular formula is C8H11N3O2. The third kappa shape index (κ3) is 1.37. The van der Waals surface area contributed by atoms with E-state index in [-0.39, 0.29) is 0 Å². The minimum Gasteiger partial charge on any atom is -0.480 e. The average molecular weight is 181 g/mol. The highest BCUT2D eigenvalue weighted by molar-refractivity contribution is 5.77. The second-order valence-corrected chi connectivity index (χ2v) is 3.10. The molecule has 0 radical (unpaired) electrons. The highest BCUT2D eigenvalue weighted by atomic mass is 16.4. The molecule has 1 saturated heterocycles. The third-order valence-electron chi connectivity index (χ3n) is 2.29. The first kappa shape index (κ1) is 8.10. The molecule has 2 N–H and O–H groups in total. The molecule has 13 heavy (non-hydrogen) atoms. The summed E-state index contributed by atoms with van der Waals surface area (Å²) in [6, 6.07) is -0.411. The first-order chi connectivity index (χ1) is 6.29. The van der Waals surface area contributed by atoms with Crippen LogP contribution in [0, 0.1) is 0 Å². The highest BCUT2D eigenvalue weighted by Gasteiger charge is 2.31. The van der Waals surface area contributed by atoms with Crippen LogP contribution in [-0.2, 0) is 4.79 Å². The Hall–Kier alpha value is -1.52. The van der Waals surface area contributed by atoms with Crippen molar-refractivity contribution < 1.29 is 9.90 Å². The van der Waals surface area contributed by atoms with E-state index in [1.54, 1.807) is 17.3 Å². The van der Waals surface area contributed by atoms with E-state index in [9.17, 15) is 4.79 Å². The Kier molecular flexibility index (Phi) is 1.92. The lowest BCUT2D eigenvalue weighted by atomic mass is 10.2. The number of carboxylic acid groups (broad SMARTS) is 1. The molecule has 5 nitrogen and oxygen atoms in total. The Morgan fingerprint density at radius 1 is 1.77 bits per heavy atom. The number of carboxylic acids is 1. The lowest BCUT2D eigenvalue weighted by Crippen LogP contribution is -2.36. The Bertz CT molecular complexity index is 296. The summed E-state index contributed by atoms with van der Waals surface area (Å²) in [5, 5.41) is 8.90. The number of nitrogens with one attached hydrogen (secondary N) is 1. The number of rotatable bonds is 2. The molecule has 1 aromatic heterocycles. The molecule has 70 valence electrons. The van der Waals surface area contributed by atoms with Gasteiger partial charge in [-0.2, -0.15) is 0 Å². The van der Waals surface area contributed by atoms with Crippen LogP contribution >= 0.6 is 0 Å². The maximum atomic E-state index is 10.8. The lowest BCUT2D eigenvalue weighted by molar-refractivity contribution is -0.138. The molecule has 5 heteroatoms. The van der Waals surface area contributed by atoms with Gasteiger partial charge in [0.1, 0.15) is 6.04 Å². The van der Waals surface area contributed by atoms with E-state index < -0.39 is 12.0 Å². The van der Waals surface area contributed by atoms with E-state index in [4.69, 9.17) is 5.11 Å². The van der Waals surface area contributed by atoms with Crippen molar-refractivity contribution >= 4 is 11.9 Å². The number of aliphatic carboxylic acids is 1.